The maximum atomic E-state index is 9.41. The Hall–Kier alpha value is -0.0900. The minimum Gasteiger partial charge on any atom is -0.394 e. The number of hydrogen-bond acceptors (Lipinski definition) is 2. The van der Waals surface area contributed by atoms with Gasteiger partial charge in [0.2, 0.25) is 0 Å². The molecule has 2 unspecified atom stereocenters. The van der Waals surface area contributed by atoms with Crippen molar-refractivity contribution >= 4 is 27.5 Å². The third-order valence-corrected chi connectivity index (χ3v) is 3.57. The van der Waals surface area contributed by atoms with Crippen LogP contribution in [0.5, 0.6) is 0 Å². The Bertz CT molecular complexity index is 346. The molecule has 0 bridgehead atoms. The summed E-state index contributed by atoms with van der Waals surface area (Å²) >= 11 is 9.43. The van der Waals surface area contributed by atoms with Crippen LogP contribution in [0.1, 0.15) is 31.9 Å². The molecule has 2 N–H and O–H groups in total. The Morgan fingerprint density at radius 2 is 2.19 bits per heavy atom. The molecule has 0 heterocycles. The van der Waals surface area contributed by atoms with Crippen LogP contribution in [0.4, 0.5) is 0 Å². The predicted octanol–water partition coefficient (Wildman–Crippen LogP) is 3.52. The van der Waals surface area contributed by atoms with Crippen molar-refractivity contribution in [2.75, 3.05) is 6.61 Å². The van der Waals surface area contributed by atoms with Crippen molar-refractivity contribution in [2.24, 2.45) is 0 Å². The maximum Gasteiger partial charge on any atom is 0.0627 e. The molecule has 0 aliphatic carbocycles. The third-order valence-electron chi connectivity index (χ3n) is 2.61. The normalized spacial score (nSPS) is 14.8. The molecule has 1 rings (SSSR count). The van der Waals surface area contributed by atoms with Crippen molar-refractivity contribution in [3.8, 4) is 0 Å². The van der Waals surface area contributed by atoms with Gasteiger partial charge in [0.05, 0.1) is 12.6 Å². The van der Waals surface area contributed by atoms with E-state index in [9.17, 15) is 5.11 Å². The molecule has 0 aliphatic heterocycles. The van der Waals surface area contributed by atoms with Gasteiger partial charge in [0.25, 0.3) is 0 Å². The van der Waals surface area contributed by atoms with Crippen molar-refractivity contribution in [1.29, 1.82) is 0 Å². The summed E-state index contributed by atoms with van der Waals surface area (Å²) in [5.74, 6) is 0. The molecule has 1 aromatic carbocycles. The van der Waals surface area contributed by atoms with E-state index >= 15 is 0 Å². The van der Waals surface area contributed by atoms with Gasteiger partial charge in [0.1, 0.15) is 0 Å². The highest BCUT2D eigenvalue weighted by atomic mass is 79.9. The van der Waals surface area contributed by atoms with Gasteiger partial charge < -0.3 is 10.4 Å². The third kappa shape index (κ3) is 3.74. The van der Waals surface area contributed by atoms with Crippen LogP contribution in [0.3, 0.4) is 0 Å². The van der Waals surface area contributed by atoms with E-state index in [4.69, 9.17) is 11.6 Å². The summed E-state index contributed by atoms with van der Waals surface area (Å²) in [6.07, 6.45) is 1.02. The quantitative estimate of drug-likeness (QED) is 0.872. The van der Waals surface area contributed by atoms with E-state index in [2.05, 4.69) is 35.1 Å². The smallest absolute Gasteiger partial charge is 0.0627 e. The van der Waals surface area contributed by atoms with Gasteiger partial charge in [-0.1, -0.05) is 34.5 Å². The van der Waals surface area contributed by atoms with Crippen molar-refractivity contribution in [1.82, 2.24) is 5.32 Å². The second-order valence-electron chi connectivity index (χ2n) is 3.88. The fourth-order valence-corrected chi connectivity index (χ4v) is 2.19. The highest BCUT2D eigenvalue weighted by Crippen LogP contribution is 2.27. The van der Waals surface area contributed by atoms with E-state index in [0.717, 1.165) is 16.5 Å². The monoisotopic (exact) mass is 305 g/mol. The van der Waals surface area contributed by atoms with Crippen molar-refractivity contribution in [3.05, 3.63) is 33.3 Å². The molecule has 0 saturated carbocycles. The largest absolute Gasteiger partial charge is 0.394 e. The Labute approximate surface area is 110 Å². The van der Waals surface area contributed by atoms with Gasteiger partial charge in [0.15, 0.2) is 0 Å². The van der Waals surface area contributed by atoms with Gasteiger partial charge in [-0.15, -0.1) is 0 Å². The zero-order valence-electron chi connectivity index (χ0n) is 9.50. The summed E-state index contributed by atoms with van der Waals surface area (Å²) in [6.45, 7) is 4.27. The summed E-state index contributed by atoms with van der Waals surface area (Å²) in [5.41, 5.74) is 0.996. The molecule has 0 fully saturated rings. The van der Waals surface area contributed by atoms with E-state index in [-0.39, 0.29) is 12.6 Å². The minimum absolute atomic E-state index is 0.0588. The zero-order chi connectivity index (χ0) is 12.1. The minimum atomic E-state index is -0.0805. The van der Waals surface area contributed by atoms with Gasteiger partial charge in [-0.2, -0.15) is 0 Å². The van der Waals surface area contributed by atoms with Crippen molar-refractivity contribution < 1.29 is 5.11 Å². The van der Waals surface area contributed by atoms with E-state index < -0.39 is 0 Å². The van der Waals surface area contributed by atoms with Crippen LogP contribution in [0.25, 0.3) is 0 Å². The summed E-state index contributed by atoms with van der Waals surface area (Å²) in [4.78, 5) is 0. The van der Waals surface area contributed by atoms with E-state index in [1.54, 1.807) is 0 Å². The highest BCUT2D eigenvalue weighted by Gasteiger charge is 2.15. The van der Waals surface area contributed by atoms with E-state index in [1.165, 1.54) is 0 Å². The fraction of sp³-hybridized carbons (Fsp3) is 0.500. The van der Waals surface area contributed by atoms with Crippen LogP contribution in [0.2, 0.25) is 5.02 Å². The molecular weight excluding hydrogens is 289 g/mol. The Balaban J connectivity index is 2.89. The maximum absolute atomic E-state index is 9.41. The van der Waals surface area contributed by atoms with E-state index in [0.29, 0.717) is 11.1 Å². The van der Waals surface area contributed by atoms with Gasteiger partial charge in [-0.3, -0.25) is 0 Å². The molecule has 1 aromatic rings. The number of hydrogen-bond donors (Lipinski definition) is 2. The molecule has 4 heteroatoms. The Morgan fingerprint density at radius 1 is 1.50 bits per heavy atom. The van der Waals surface area contributed by atoms with Gasteiger partial charge in [0, 0.05) is 15.5 Å². The molecule has 2 nitrogen and oxygen atoms in total. The lowest BCUT2D eigenvalue weighted by atomic mass is 10.1. The molecule has 0 aliphatic rings. The van der Waals surface area contributed by atoms with E-state index in [1.807, 2.05) is 18.2 Å². The highest BCUT2D eigenvalue weighted by molar-refractivity contribution is 9.10. The predicted molar refractivity (Wildman–Crippen MR) is 71.9 cm³/mol. The number of nitrogens with one attached hydrogen (secondary N) is 1. The molecule has 0 amide bonds. The van der Waals surface area contributed by atoms with Crippen LogP contribution in [-0.2, 0) is 0 Å². The zero-order valence-corrected chi connectivity index (χ0v) is 11.8. The Kier molecular flexibility index (Phi) is 5.76. The summed E-state index contributed by atoms with van der Waals surface area (Å²) < 4.78 is 0.965. The van der Waals surface area contributed by atoms with Crippen LogP contribution < -0.4 is 5.32 Å². The Morgan fingerprint density at radius 3 is 2.75 bits per heavy atom. The van der Waals surface area contributed by atoms with Gasteiger partial charge in [-0.25, -0.2) is 0 Å². The molecule has 0 spiro atoms. The average molecular weight is 307 g/mol. The van der Waals surface area contributed by atoms with Gasteiger partial charge >= 0.3 is 0 Å². The van der Waals surface area contributed by atoms with Crippen molar-refractivity contribution in [3.63, 3.8) is 0 Å². The molecule has 0 saturated heterocycles. The van der Waals surface area contributed by atoms with Crippen LogP contribution in [0, 0.1) is 0 Å². The van der Waals surface area contributed by atoms with Gasteiger partial charge in [-0.05, 0) is 37.1 Å². The SMILES string of the molecule is CCC(C)NC(CO)c1cc(Cl)ccc1Br. The van der Waals surface area contributed by atoms with Crippen molar-refractivity contribution in [2.45, 2.75) is 32.4 Å². The first kappa shape index (κ1) is 14.0. The first-order chi connectivity index (χ1) is 7.58. The number of benzene rings is 1. The number of aliphatic hydroxyl groups excluding tert-OH is 1. The number of rotatable bonds is 5. The molecular formula is C12H17BrClNO. The first-order valence-electron chi connectivity index (χ1n) is 5.40. The molecule has 16 heavy (non-hydrogen) atoms. The summed E-state index contributed by atoms with van der Waals surface area (Å²) in [7, 11) is 0. The standard InChI is InChI=1S/C12H17BrClNO/c1-3-8(2)15-12(7-16)10-6-9(14)4-5-11(10)13/h4-6,8,12,15-16H,3,7H2,1-2H3. The molecule has 0 aromatic heterocycles. The molecule has 2 atom stereocenters. The molecule has 0 radical (unpaired) electrons. The molecule has 90 valence electrons. The van der Waals surface area contributed by atoms with Crippen LogP contribution in [-0.4, -0.2) is 17.8 Å². The lowest BCUT2D eigenvalue weighted by Crippen LogP contribution is -2.32. The summed E-state index contributed by atoms with van der Waals surface area (Å²) in [6, 6.07) is 5.89. The number of halogens is 2. The van der Waals surface area contributed by atoms with Crippen LogP contribution >= 0.6 is 27.5 Å². The average Bonchev–Trinajstić information content (AvgIpc) is 2.29. The first-order valence-corrected chi connectivity index (χ1v) is 6.57. The van der Waals surface area contributed by atoms with Crippen LogP contribution in [0.15, 0.2) is 22.7 Å². The lowest BCUT2D eigenvalue weighted by molar-refractivity contribution is 0.233. The summed E-state index contributed by atoms with van der Waals surface area (Å²) in [5, 5.41) is 13.5. The second kappa shape index (κ2) is 6.60. The lowest BCUT2D eigenvalue weighted by Gasteiger charge is -2.22. The number of aliphatic hydroxyl groups is 1. The second-order valence-corrected chi connectivity index (χ2v) is 5.17. The topological polar surface area (TPSA) is 32.3 Å². The fourth-order valence-electron chi connectivity index (χ4n) is 1.48.